The molecule has 2 heterocycles. The Morgan fingerprint density at radius 3 is 1.97 bits per heavy atom. The first kappa shape index (κ1) is 22.0. The Morgan fingerprint density at radius 2 is 1.36 bits per heavy atom. The summed E-state index contributed by atoms with van der Waals surface area (Å²) in [5, 5.41) is 0.673. The molecule has 33 heavy (non-hydrogen) atoms. The van der Waals surface area contributed by atoms with Gasteiger partial charge in [-0.1, -0.05) is 72.3 Å². The SMILES string of the molecule is O=C1OC(c2ccc(Cl)cc2)CN1Cc1ccc(-c2ccc(CN3CCOCC3)cc2)cc1. The summed E-state index contributed by atoms with van der Waals surface area (Å²) in [6.45, 7) is 5.66. The molecule has 3 aromatic carbocycles. The van der Waals surface area contributed by atoms with Gasteiger partial charge in [0.25, 0.3) is 0 Å². The van der Waals surface area contributed by atoms with E-state index in [1.807, 2.05) is 24.3 Å². The van der Waals surface area contributed by atoms with Crippen LogP contribution in [0.2, 0.25) is 5.02 Å². The van der Waals surface area contributed by atoms with Crippen molar-refractivity contribution in [3.8, 4) is 11.1 Å². The van der Waals surface area contributed by atoms with Gasteiger partial charge in [-0.15, -0.1) is 0 Å². The molecule has 1 amide bonds. The Bertz CT molecular complexity index is 1080. The number of morpholine rings is 1. The van der Waals surface area contributed by atoms with E-state index in [2.05, 4.69) is 53.4 Å². The molecule has 0 spiro atoms. The number of hydrogen-bond acceptors (Lipinski definition) is 4. The average Bonchev–Trinajstić information content (AvgIpc) is 3.21. The number of ether oxygens (including phenoxy) is 2. The molecule has 1 unspecified atom stereocenters. The molecule has 0 radical (unpaired) electrons. The van der Waals surface area contributed by atoms with E-state index in [-0.39, 0.29) is 12.2 Å². The Labute approximate surface area is 199 Å². The predicted molar refractivity (Wildman–Crippen MR) is 129 cm³/mol. The van der Waals surface area contributed by atoms with Gasteiger partial charge in [-0.25, -0.2) is 4.79 Å². The number of carbonyl (C=O) groups excluding carboxylic acids is 1. The second kappa shape index (κ2) is 9.96. The van der Waals surface area contributed by atoms with Crippen LogP contribution in [0, 0.1) is 0 Å². The molecule has 0 aromatic heterocycles. The molecule has 2 fully saturated rings. The minimum Gasteiger partial charge on any atom is -0.439 e. The zero-order chi connectivity index (χ0) is 22.6. The highest BCUT2D eigenvalue weighted by atomic mass is 35.5. The van der Waals surface area contributed by atoms with Crippen molar-refractivity contribution < 1.29 is 14.3 Å². The van der Waals surface area contributed by atoms with Crippen LogP contribution in [0.15, 0.2) is 72.8 Å². The maximum absolute atomic E-state index is 12.4. The topological polar surface area (TPSA) is 42.0 Å². The summed E-state index contributed by atoms with van der Waals surface area (Å²) in [4.78, 5) is 16.5. The Kier molecular flexibility index (Phi) is 6.63. The van der Waals surface area contributed by atoms with E-state index >= 15 is 0 Å². The molecule has 2 aliphatic rings. The molecule has 5 rings (SSSR count). The number of halogens is 1. The van der Waals surface area contributed by atoms with Crippen molar-refractivity contribution in [1.29, 1.82) is 0 Å². The molecule has 0 bridgehead atoms. The Hall–Kier alpha value is -2.86. The standard InChI is InChI=1S/C27H27ClN2O3/c28-25-11-9-24(10-12-25)26-19-30(27(31)33-26)18-21-3-7-23(8-4-21)22-5-1-20(2-6-22)17-29-13-15-32-16-14-29/h1-12,26H,13-19H2. The zero-order valence-electron chi connectivity index (χ0n) is 18.5. The van der Waals surface area contributed by atoms with Crippen molar-refractivity contribution in [2.45, 2.75) is 19.2 Å². The summed E-state index contributed by atoms with van der Waals surface area (Å²) in [7, 11) is 0. The largest absolute Gasteiger partial charge is 0.439 e. The first-order chi connectivity index (χ1) is 16.1. The summed E-state index contributed by atoms with van der Waals surface area (Å²) < 4.78 is 11.0. The van der Waals surface area contributed by atoms with Gasteiger partial charge in [0, 0.05) is 31.2 Å². The lowest BCUT2D eigenvalue weighted by Gasteiger charge is -2.26. The van der Waals surface area contributed by atoms with Crippen LogP contribution < -0.4 is 0 Å². The van der Waals surface area contributed by atoms with Crippen LogP contribution in [-0.4, -0.2) is 48.7 Å². The molecule has 0 aliphatic carbocycles. The van der Waals surface area contributed by atoms with Crippen LogP contribution in [0.1, 0.15) is 22.8 Å². The van der Waals surface area contributed by atoms with Gasteiger partial charge in [-0.05, 0) is 39.9 Å². The molecule has 2 saturated heterocycles. The molecule has 2 aliphatic heterocycles. The minimum absolute atomic E-state index is 0.259. The fourth-order valence-corrected chi connectivity index (χ4v) is 4.46. The van der Waals surface area contributed by atoms with Gasteiger partial charge in [0.2, 0.25) is 0 Å². The van der Waals surface area contributed by atoms with Crippen molar-refractivity contribution in [2.75, 3.05) is 32.8 Å². The van der Waals surface area contributed by atoms with Crippen LogP contribution in [0.25, 0.3) is 11.1 Å². The van der Waals surface area contributed by atoms with E-state index in [4.69, 9.17) is 21.1 Å². The molecule has 5 nitrogen and oxygen atoms in total. The highest BCUT2D eigenvalue weighted by Gasteiger charge is 2.32. The summed E-state index contributed by atoms with van der Waals surface area (Å²) in [6.07, 6.45) is -0.542. The van der Waals surface area contributed by atoms with E-state index in [1.165, 1.54) is 16.7 Å². The average molecular weight is 463 g/mol. The van der Waals surface area contributed by atoms with Crippen molar-refractivity contribution in [3.63, 3.8) is 0 Å². The third-order valence-corrected chi connectivity index (χ3v) is 6.51. The molecule has 170 valence electrons. The van der Waals surface area contributed by atoms with Gasteiger partial charge >= 0.3 is 6.09 Å². The lowest BCUT2D eigenvalue weighted by molar-refractivity contribution is 0.0342. The summed E-state index contributed by atoms with van der Waals surface area (Å²) in [6, 6.07) is 24.6. The number of cyclic esters (lactones) is 1. The highest BCUT2D eigenvalue weighted by molar-refractivity contribution is 6.30. The van der Waals surface area contributed by atoms with Gasteiger partial charge in [0.05, 0.1) is 19.8 Å². The lowest BCUT2D eigenvalue weighted by atomic mass is 10.0. The van der Waals surface area contributed by atoms with Gasteiger partial charge in [0.15, 0.2) is 0 Å². The zero-order valence-corrected chi connectivity index (χ0v) is 19.2. The maximum atomic E-state index is 12.4. The van der Waals surface area contributed by atoms with Crippen LogP contribution in [0.5, 0.6) is 0 Å². The Morgan fingerprint density at radius 1 is 0.788 bits per heavy atom. The van der Waals surface area contributed by atoms with Crippen LogP contribution >= 0.6 is 11.6 Å². The number of rotatable bonds is 6. The normalized spacial score (nSPS) is 19.0. The summed E-state index contributed by atoms with van der Waals surface area (Å²) in [5.41, 5.74) is 5.72. The maximum Gasteiger partial charge on any atom is 0.410 e. The van der Waals surface area contributed by atoms with Crippen LogP contribution in [0.4, 0.5) is 4.79 Å². The number of amides is 1. The molecular weight excluding hydrogens is 436 g/mol. The quantitative estimate of drug-likeness (QED) is 0.483. The van der Waals surface area contributed by atoms with Crippen molar-refractivity contribution in [3.05, 3.63) is 94.5 Å². The van der Waals surface area contributed by atoms with Crippen molar-refractivity contribution in [2.24, 2.45) is 0 Å². The van der Waals surface area contributed by atoms with Crippen LogP contribution in [-0.2, 0) is 22.6 Å². The summed E-state index contributed by atoms with van der Waals surface area (Å²) >= 11 is 5.96. The number of benzene rings is 3. The lowest BCUT2D eigenvalue weighted by Crippen LogP contribution is -2.35. The van der Waals surface area contributed by atoms with E-state index in [0.29, 0.717) is 18.1 Å². The number of carbonyl (C=O) groups is 1. The summed E-state index contributed by atoms with van der Waals surface area (Å²) in [5.74, 6) is 0. The predicted octanol–water partition coefficient (Wildman–Crippen LogP) is 5.53. The molecule has 6 heteroatoms. The van der Waals surface area contributed by atoms with Gasteiger partial charge < -0.3 is 9.47 Å². The first-order valence-electron chi connectivity index (χ1n) is 11.3. The van der Waals surface area contributed by atoms with Gasteiger partial charge in [0.1, 0.15) is 6.10 Å². The van der Waals surface area contributed by atoms with Crippen molar-refractivity contribution in [1.82, 2.24) is 9.80 Å². The van der Waals surface area contributed by atoms with Gasteiger partial charge in [-0.2, -0.15) is 0 Å². The third kappa shape index (κ3) is 5.38. The van der Waals surface area contributed by atoms with Crippen molar-refractivity contribution >= 4 is 17.7 Å². The second-order valence-corrected chi connectivity index (χ2v) is 9.02. The minimum atomic E-state index is -0.283. The highest BCUT2D eigenvalue weighted by Crippen LogP contribution is 2.29. The third-order valence-electron chi connectivity index (χ3n) is 6.25. The Balaban J connectivity index is 1.19. The van der Waals surface area contributed by atoms with E-state index in [0.717, 1.165) is 44.0 Å². The first-order valence-corrected chi connectivity index (χ1v) is 11.7. The fraction of sp³-hybridized carbons (Fsp3) is 0.296. The van der Waals surface area contributed by atoms with E-state index in [1.54, 1.807) is 4.90 Å². The molecule has 0 N–H and O–H groups in total. The molecule has 1 atom stereocenters. The monoisotopic (exact) mass is 462 g/mol. The van der Waals surface area contributed by atoms with E-state index in [9.17, 15) is 4.79 Å². The number of nitrogens with zero attached hydrogens (tertiary/aromatic N) is 2. The molecular formula is C27H27ClN2O3. The number of hydrogen-bond donors (Lipinski definition) is 0. The van der Waals surface area contributed by atoms with Crippen LogP contribution in [0.3, 0.4) is 0 Å². The van der Waals surface area contributed by atoms with E-state index < -0.39 is 0 Å². The molecule has 0 saturated carbocycles. The second-order valence-electron chi connectivity index (χ2n) is 8.59. The molecule has 3 aromatic rings. The smallest absolute Gasteiger partial charge is 0.410 e. The fourth-order valence-electron chi connectivity index (χ4n) is 4.33. The van der Waals surface area contributed by atoms with Gasteiger partial charge in [-0.3, -0.25) is 9.80 Å².